The van der Waals surface area contributed by atoms with Crippen LogP contribution in [0.5, 0.6) is 0 Å². The van der Waals surface area contributed by atoms with Gasteiger partial charge in [-0.1, -0.05) is 97.1 Å². The standard InChI is InChI=1S/C42H37BN2O2/c1-41(2)42(3,4)47-43(46-41)32-22-24-34(25-23-32)44(35-19-13-16-31(28-35)30-14-7-5-8-15-30)36-26-27-38-37-20-11-12-21-39(37)45(40(38)29-36)33-17-9-6-10-18-33/h5-29H,1-4H3. The second-order valence-corrected chi connectivity index (χ2v) is 13.3. The van der Waals surface area contributed by atoms with Gasteiger partial charge in [0.15, 0.2) is 0 Å². The summed E-state index contributed by atoms with van der Waals surface area (Å²) in [5, 5.41) is 2.46. The van der Waals surface area contributed by atoms with Gasteiger partial charge in [0.1, 0.15) is 0 Å². The van der Waals surface area contributed by atoms with Gasteiger partial charge >= 0.3 is 7.12 Å². The minimum atomic E-state index is -0.415. The third kappa shape index (κ3) is 5.13. The van der Waals surface area contributed by atoms with Gasteiger partial charge in [0.25, 0.3) is 0 Å². The van der Waals surface area contributed by atoms with Gasteiger partial charge in [-0.3, -0.25) is 0 Å². The molecule has 1 aliphatic rings. The number of hydrogen-bond acceptors (Lipinski definition) is 3. The van der Waals surface area contributed by atoms with Crippen molar-refractivity contribution >= 4 is 51.4 Å². The Morgan fingerprint density at radius 3 is 1.79 bits per heavy atom. The van der Waals surface area contributed by atoms with Gasteiger partial charge in [0, 0.05) is 33.5 Å². The van der Waals surface area contributed by atoms with E-state index in [1.165, 1.54) is 27.4 Å². The zero-order valence-electron chi connectivity index (χ0n) is 27.2. The van der Waals surface area contributed by atoms with E-state index in [2.05, 4.69) is 189 Å². The number of aromatic nitrogens is 1. The predicted molar refractivity (Wildman–Crippen MR) is 197 cm³/mol. The molecule has 47 heavy (non-hydrogen) atoms. The average molecular weight is 613 g/mol. The van der Waals surface area contributed by atoms with Crippen LogP contribution < -0.4 is 10.4 Å². The molecule has 1 saturated heterocycles. The Morgan fingerprint density at radius 1 is 0.489 bits per heavy atom. The maximum atomic E-state index is 6.38. The molecule has 7 aromatic rings. The normalized spacial score (nSPS) is 15.4. The van der Waals surface area contributed by atoms with Crippen LogP contribution in [0.15, 0.2) is 152 Å². The molecule has 0 N–H and O–H groups in total. The van der Waals surface area contributed by atoms with E-state index in [9.17, 15) is 0 Å². The van der Waals surface area contributed by atoms with E-state index < -0.39 is 18.3 Å². The summed E-state index contributed by atoms with van der Waals surface area (Å²) in [5.41, 5.74) is 9.26. The number of benzene rings is 6. The first-order valence-electron chi connectivity index (χ1n) is 16.3. The van der Waals surface area contributed by atoms with E-state index in [4.69, 9.17) is 9.31 Å². The zero-order valence-corrected chi connectivity index (χ0v) is 27.2. The van der Waals surface area contributed by atoms with Crippen LogP contribution in [0.4, 0.5) is 17.1 Å². The minimum Gasteiger partial charge on any atom is -0.399 e. The Morgan fingerprint density at radius 2 is 1.06 bits per heavy atom. The van der Waals surface area contributed by atoms with Crippen molar-refractivity contribution in [2.75, 3.05) is 4.90 Å². The van der Waals surface area contributed by atoms with Gasteiger partial charge in [-0.2, -0.15) is 0 Å². The van der Waals surface area contributed by atoms with Crippen LogP contribution in [0.25, 0.3) is 38.6 Å². The Bertz CT molecular complexity index is 2190. The summed E-state index contributed by atoms with van der Waals surface area (Å²) < 4.78 is 15.1. The molecular formula is C42H37BN2O2. The maximum absolute atomic E-state index is 6.38. The summed E-state index contributed by atoms with van der Waals surface area (Å²) in [6.07, 6.45) is 0. The lowest BCUT2D eigenvalue weighted by atomic mass is 9.79. The Balaban J connectivity index is 1.29. The van der Waals surface area contributed by atoms with E-state index in [-0.39, 0.29) is 0 Å². The number of anilines is 3. The maximum Gasteiger partial charge on any atom is 0.494 e. The third-order valence-electron chi connectivity index (χ3n) is 9.82. The largest absolute Gasteiger partial charge is 0.494 e. The highest BCUT2D eigenvalue weighted by Gasteiger charge is 2.51. The molecular weight excluding hydrogens is 575 g/mol. The van der Waals surface area contributed by atoms with E-state index in [1.807, 2.05) is 0 Å². The molecule has 0 bridgehead atoms. The molecule has 0 amide bonds. The van der Waals surface area contributed by atoms with Crippen LogP contribution in [0.2, 0.25) is 0 Å². The van der Waals surface area contributed by atoms with Gasteiger partial charge in [0.05, 0.1) is 22.2 Å². The van der Waals surface area contributed by atoms with Crippen LogP contribution in [0.3, 0.4) is 0 Å². The van der Waals surface area contributed by atoms with Crippen molar-refractivity contribution in [3.63, 3.8) is 0 Å². The van der Waals surface area contributed by atoms with Crippen molar-refractivity contribution in [3.05, 3.63) is 152 Å². The first kappa shape index (κ1) is 29.3. The first-order chi connectivity index (χ1) is 22.8. The van der Waals surface area contributed by atoms with E-state index >= 15 is 0 Å². The highest BCUT2D eigenvalue weighted by molar-refractivity contribution is 6.62. The zero-order chi connectivity index (χ0) is 32.2. The number of hydrogen-bond donors (Lipinski definition) is 0. The minimum absolute atomic E-state index is 0.396. The molecule has 1 aliphatic heterocycles. The number of nitrogens with zero attached hydrogens (tertiary/aromatic N) is 2. The molecule has 1 aromatic heterocycles. The second kappa shape index (κ2) is 11.3. The molecule has 230 valence electrons. The second-order valence-electron chi connectivity index (χ2n) is 13.3. The highest BCUT2D eigenvalue weighted by Crippen LogP contribution is 2.41. The molecule has 0 aliphatic carbocycles. The SMILES string of the molecule is CC1(C)OB(c2ccc(N(c3cccc(-c4ccccc4)c3)c3ccc4c5ccccc5n(-c5ccccc5)c4c3)cc2)OC1(C)C. The molecule has 4 nitrogen and oxygen atoms in total. The molecule has 1 fully saturated rings. The highest BCUT2D eigenvalue weighted by atomic mass is 16.7. The van der Waals surface area contributed by atoms with Crippen molar-refractivity contribution in [3.8, 4) is 16.8 Å². The molecule has 6 aromatic carbocycles. The smallest absolute Gasteiger partial charge is 0.399 e. The van der Waals surface area contributed by atoms with Gasteiger partial charge in [0.2, 0.25) is 0 Å². The lowest BCUT2D eigenvalue weighted by Crippen LogP contribution is -2.41. The van der Waals surface area contributed by atoms with Gasteiger partial charge < -0.3 is 18.8 Å². The summed E-state index contributed by atoms with van der Waals surface area (Å²) in [4.78, 5) is 2.34. The van der Waals surface area contributed by atoms with Gasteiger partial charge in [-0.15, -0.1) is 0 Å². The van der Waals surface area contributed by atoms with Gasteiger partial charge in [-0.25, -0.2) is 0 Å². The fraction of sp³-hybridized carbons (Fsp3) is 0.143. The molecule has 5 heteroatoms. The summed E-state index contributed by atoms with van der Waals surface area (Å²) in [5.74, 6) is 0. The van der Waals surface area contributed by atoms with Crippen molar-refractivity contribution in [1.82, 2.24) is 4.57 Å². The molecule has 0 spiro atoms. The summed E-state index contributed by atoms with van der Waals surface area (Å²) in [6.45, 7) is 8.36. The fourth-order valence-electron chi connectivity index (χ4n) is 6.62. The van der Waals surface area contributed by atoms with E-state index in [0.29, 0.717) is 0 Å². The van der Waals surface area contributed by atoms with Crippen LogP contribution in [-0.2, 0) is 9.31 Å². The fourth-order valence-corrected chi connectivity index (χ4v) is 6.62. The lowest BCUT2D eigenvalue weighted by Gasteiger charge is -2.32. The average Bonchev–Trinajstić information content (AvgIpc) is 3.54. The summed E-state index contributed by atoms with van der Waals surface area (Å²) >= 11 is 0. The van der Waals surface area contributed by atoms with Crippen molar-refractivity contribution in [2.45, 2.75) is 38.9 Å². The summed E-state index contributed by atoms with van der Waals surface area (Å²) in [7, 11) is -0.415. The Labute approximate surface area is 277 Å². The summed E-state index contributed by atoms with van der Waals surface area (Å²) in [6, 6.07) is 54.0. The van der Waals surface area contributed by atoms with Crippen LogP contribution >= 0.6 is 0 Å². The molecule has 0 atom stereocenters. The Kier molecular flexibility index (Phi) is 7.05. The molecule has 2 heterocycles. The van der Waals surface area contributed by atoms with Crippen molar-refractivity contribution in [2.24, 2.45) is 0 Å². The van der Waals surface area contributed by atoms with Crippen LogP contribution in [0.1, 0.15) is 27.7 Å². The predicted octanol–water partition coefficient (Wildman–Crippen LogP) is 10.2. The van der Waals surface area contributed by atoms with Crippen LogP contribution in [-0.4, -0.2) is 22.9 Å². The molecule has 8 rings (SSSR count). The van der Waals surface area contributed by atoms with Crippen molar-refractivity contribution < 1.29 is 9.31 Å². The number of rotatable bonds is 6. The lowest BCUT2D eigenvalue weighted by molar-refractivity contribution is 0.00578. The van der Waals surface area contributed by atoms with E-state index in [0.717, 1.165) is 33.7 Å². The van der Waals surface area contributed by atoms with Gasteiger partial charge in [-0.05, 0) is 98.9 Å². The topological polar surface area (TPSA) is 26.6 Å². The number of fused-ring (bicyclic) bond motifs is 3. The van der Waals surface area contributed by atoms with E-state index in [1.54, 1.807) is 0 Å². The molecule has 0 saturated carbocycles. The van der Waals surface area contributed by atoms with Crippen molar-refractivity contribution in [1.29, 1.82) is 0 Å². The third-order valence-corrected chi connectivity index (χ3v) is 9.82. The number of para-hydroxylation sites is 2. The van der Waals surface area contributed by atoms with Crippen LogP contribution in [0, 0.1) is 0 Å². The molecule has 0 radical (unpaired) electrons. The quantitative estimate of drug-likeness (QED) is 0.175. The monoisotopic (exact) mass is 612 g/mol. The molecule has 0 unspecified atom stereocenters. The Hall–Kier alpha value is -5.10. The first-order valence-corrected chi connectivity index (χ1v) is 16.3.